The maximum atomic E-state index is 5.46. The van der Waals surface area contributed by atoms with Gasteiger partial charge >= 0.3 is 0 Å². The number of benzene rings is 1. The zero-order chi connectivity index (χ0) is 11.4. The average Bonchev–Trinajstić information content (AvgIpc) is 2.39. The summed E-state index contributed by atoms with van der Waals surface area (Å²) in [6.45, 7) is 0. The Morgan fingerprint density at radius 3 is 2.75 bits per heavy atom. The number of pyridine rings is 1. The molecule has 2 heteroatoms. The molecule has 0 bridgehead atoms. The van der Waals surface area contributed by atoms with Crippen LogP contribution in [0.25, 0.3) is 11.3 Å². The first-order valence-corrected chi connectivity index (χ1v) is 4.91. The lowest BCUT2D eigenvalue weighted by Gasteiger charge is -2.06. The van der Waals surface area contributed by atoms with E-state index in [2.05, 4.69) is 10.9 Å². The van der Waals surface area contributed by atoms with Gasteiger partial charge in [-0.1, -0.05) is 12.0 Å². The molecule has 0 saturated carbocycles. The third-order valence-corrected chi connectivity index (χ3v) is 2.32. The van der Waals surface area contributed by atoms with Crippen molar-refractivity contribution in [2.75, 3.05) is 7.11 Å². The Kier molecular flexibility index (Phi) is 2.88. The molecule has 16 heavy (non-hydrogen) atoms. The Hall–Kier alpha value is -2.27. The van der Waals surface area contributed by atoms with Gasteiger partial charge in [-0.3, -0.25) is 4.98 Å². The van der Waals surface area contributed by atoms with E-state index in [1.807, 2.05) is 36.4 Å². The average molecular weight is 209 g/mol. The fourth-order valence-electron chi connectivity index (χ4n) is 1.51. The van der Waals surface area contributed by atoms with Gasteiger partial charge in [0.25, 0.3) is 0 Å². The van der Waals surface area contributed by atoms with Crippen molar-refractivity contribution in [2.24, 2.45) is 0 Å². The molecular formula is C14H11NO. The number of ether oxygens (including phenoxy) is 1. The van der Waals surface area contributed by atoms with Gasteiger partial charge in [0, 0.05) is 17.3 Å². The van der Waals surface area contributed by atoms with E-state index in [9.17, 15) is 0 Å². The third-order valence-electron chi connectivity index (χ3n) is 2.32. The first kappa shape index (κ1) is 10.3. The number of rotatable bonds is 2. The fraction of sp³-hybridized carbons (Fsp3) is 0.0714. The molecule has 2 rings (SSSR count). The molecule has 0 aliphatic rings. The molecule has 0 saturated heterocycles. The molecule has 0 aliphatic carbocycles. The van der Waals surface area contributed by atoms with Crippen molar-refractivity contribution in [1.82, 2.24) is 4.98 Å². The Balaban J connectivity index is 2.59. The molecule has 0 spiro atoms. The smallest absolute Gasteiger partial charge is 0.119 e. The molecule has 1 heterocycles. The Morgan fingerprint density at radius 1 is 1.25 bits per heavy atom. The van der Waals surface area contributed by atoms with Crippen LogP contribution in [-0.4, -0.2) is 12.1 Å². The number of hydrogen-bond donors (Lipinski definition) is 0. The van der Waals surface area contributed by atoms with E-state index < -0.39 is 0 Å². The van der Waals surface area contributed by atoms with E-state index in [1.165, 1.54) is 0 Å². The SMILES string of the molecule is C#Cc1ccc(OC)cc1-c1ccccn1. The highest BCUT2D eigenvalue weighted by atomic mass is 16.5. The van der Waals surface area contributed by atoms with Gasteiger partial charge in [-0.25, -0.2) is 0 Å². The van der Waals surface area contributed by atoms with Gasteiger partial charge in [0.1, 0.15) is 5.75 Å². The van der Waals surface area contributed by atoms with Gasteiger partial charge in [-0.2, -0.15) is 0 Å². The molecule has 0 unspecified atom stereocenters. The summed E-state index contributed by atoms with van der Waals surface area (Å²) in [5.41, 5.74) is 2.59. The van der Waals surface area contributed by atoms with Crippen LogP contribution in [0.1, 0.15) is 5.56 Å². The molecule has 0 amide bonds. The van der Waals surface area contributed by atoms with Crippen LogP contribution in [0, 0.1) is 12.3 Å². The highest BCUT2D eigenvalue weighted by Gasteiger charge is 2.05. The summed E-state index contributed by atoms with van der Waals surface area (Å²) >= 11 is 0. The minimum Gasteiger partial charge on any atom is -0.497 e. The van der Waals surface area contributed by atoms with Crippen molar-refractivity contribution < 1.29 is 4.74 Å². The molecule has 0 aliphatic heterocycles. The van der Waals surface area contributed by atoms with Crippen molar-refractivity contribution in [2.45, 2.75) is 0 Å². The van der Waals surface area contributed by atoms with Gasteiger partial charge in [-0.15, -0.1) is 6.42 Å². The zero-order valence-corrected chi connectivity index (χ0v) is 8.97. The summed E-state index contributed by atoms with van der Waals surface area (Å²) in [4.78, 5) is 4.28. The summed E-state index contributed by atoms with van der Waals surface area (Å²) < 4.78 is 5.18. The summed E-state index contributed by atoms with van der Waals surface area (Å²) in [6, 6.07) is 11.3. The molecule has 1 aromatic heterocycles. The number of hydrogen-bond acceptors (Lipinski definition) is 2. The lowest BCUT2D eigenvalue weighted by atomic mass is 10.0. The van der Waals surface area contributed by atoms with Gasteiger partial charge in [-0.05, 0) is 30.3 Å². The van der Waals surface area contributed by atoms with Crippen LogP contribution in [-0.2, 0) is 0 Å². The predicted molar refractivity (Wildman–Crippen MR) is 64.2 cm³/mol. The van der Waals surface area contributed by atoms with Crippen molar-refractivity contribution in [3.8, 4) is 29.4 Å². The van der Waals surface area contributed by atoms with Crippen LogP contribution in [0.5, 0.6) is 5.75 Å². The lowest BCUT2D eigenvalue weighted by Crippen LogP contribution is -1.89. The summed E-state index contributed by atoms with van der Waals surface area (Å²) in [5.74, 6) is 3.43. The van der Waals surface area contributed by atoms with E-state index in [1.54, 1.807) is 13.3 Å². The van der Waals surface area contributed by atoms with Crippen LogP contribution < -0.4 is 4.74 Å². The second-order valence-corrected chi connectivity index (χ2v) is 3.27. The van der Waals surface area contributed by atoms with Crippen molar-refractivity contribution in [3.05, 3.63) is 48.2 Å². The van der Waals surface area contributed by atoms with Crippen molar-refractivity contribution in [3.63, 3.8) is 0 Å². The predicted octanol–water partition coefficient (Wildman–Crippen LogP) is 2.74. The van der Waals surface area contributed by atoms with E-state index in [0.717, 1.165) is 22.6 Å². The van der Waals surface area contributed by atoms with Crippen LogP contribution >= 0.6 is 0 Å². The quantitative estimate of drug-likeness (QED) is 0.709. The van der Waals surface area contributed by atoms with Crippen LogP contribution in [0.4, 0.5) is 0 Å². The molecule has 2 nitrogen and oxygen atoms in total. The Bertz CT molecular complexity index is 526. The Morgan fingerprint density at radius 2 is 2.12 bits per heavy atom. The fourth-order valence-corrected chi connectivity index (χ4v) is 1.51. The summed E-state index contributed by atoms with van der Waals surface area (Å²) in [6.07, 6.45) is 7.21. The molecule has 0 radical (unpaired) electrons. The van der Waals surface area contributed by atoms with E-state index in [-0.39, 0.29) is 0 Å². The second-order valence-electron chi connectivity index (χ2n) is 3.27. The van der Waals surface area contributed by atoms with Crippen LogP contribution in [0.3, 0.4) is 0 Å². The molecule has 0 N–H and O–H groups in total. The van der Waals surface area contributed by atoms with E-state index in [4.69, 9.17) is 11.2 Å². The number of aromatic nitrogens is 1. The van der Waals surface area contributed by atoms with Gasteiger partial charge in [0.2, 0.25) is 0 Å². The van der Waals surface area contributed by atoms with Gasteiger partial charge in [0.05, 0.1) is 12.8 Å². The molecule has 78 valence electrons. The van der Waals surface area contributed by atoms with Gasteiger partial charge < -0.3 is 4.74 Å². The third kappa shape index (κ3) is 1.89. The monoisotopic (exact) mass is 209 g/mol. The Labute approximate surface area is 94.9 Å². The topological polar surface area (TPSA) is 22.1 Å². The van der Waals surface area contributed by atoms with Crippen molar-refractivity contribution >= 4 is 0 Å². The molecule has 0 fully saturated rings. The largest absolute Gasteiger partial charge is 0.497 e. The minimum atomic E-state index is 0.777. The van der Waals surface area contributed by atoms with E-state index >= 15 is 0 Å². The standard InChI is InChI=1S/C14H11NO/c1-3-11-7-8-12(16-2)10-13(11)14-6-4-5-9-15-14/h1,4-10H,2H3. The van der Waals surface area contributed by atoms with E-state index in [0.29, 0.717) is 0 Å². The number of nitrogens with zero attached hydrogens (tertiary/aromatic N) is 1. The first-order chi connectivity index (χ1) is 7.85. The summed E-state index contributed by atoms with van der Waals surface area (Å²) in [5, 5.41) is 0. The number of terminal acetylenes is 1. The molecule has 1 aromatic carbocycles. The minimum absolute atomic E-state index is 0.777. The lowest BCUT2D eigenvalue weighted by molar-refractivity contribution is 0.415. The maximum absolute atomic E-state index is 5.46. The normalized spacial score (nSPS) is 9.50. The maximum Gasteiger partial charge on any atom is 0.119 e. The van der Waals surface area contributed by atoms with Crippen LogP contribution in [0.2, 0.25) is 0 Å². The highest BCUT2D eigenvalue weighted by Crippen LogP contribution is 2.25. The first-order valence-electron chi connectivity index (χ1n) is 4.91. The summed E-state index contributed by atoms with van der Waals surface area (Å²) in [7, 11) is 1.63. The zero-order valence-electron chi connectivity index (χ0n) is 8.97. The van der Waals surface area contributed by atoms with Gasteiger partial charge in [0.15, 0.2) is 0 Å². The molecular weight excluding hydrogens is 198 g/mol. The molecule has 2 aromatic rings. The molecule has 0 atom stereocenters. The second kappa shape index (κ2) is 4.50. The number of methoxy groups -OCH3 is 1. The van der Waals surface area contributed by atoms with Crippen molar-refractivity contribution in [1.29, 1.82) is 0 Å². The highest BCUT2D eigenvalue weighted by molar-refractivity contribution is 5.69. The van der Waals surface area contributed by atoms with Crippen LogP contribution in [0.15, 0.2) is 42.6 Å².